The van der Waals surface area contributed by atoms with Crippen LogP contribution < -0.4 is 10.5 Å². The smallest absolute Gasteiger partial charge is 0.127 e. The van der Waals surface area contributed by atoms with Crippen LogP contribution in [0.15, 0.2) is 24.5 Å². The van der Waals surface area contributed by atoms with Crippen molar-refractivity contribution >= 4 is 5.69 Å². The number of aryl methyl sites for hydroxylation is 2. The molecule has 0 radical (unpaired) electrons. The fourth-order valence-corrected chi connectivity index (χ4v) is 2.01. The second-order valence-electron chi connectivity index (χ2n) is 4.25. The van der Waals surface area contributed by atoms with Crippen LogP contribution in [0.25, 0.3) is 11.1 Å². The van der Waals surface area contributed by atoms with Crippen molar-refractivity contribution in [3.8, 4) is 16.9 Å². The van der Waals surface area contributed by atoms with Crippen LogP contribution in [-0.4, -0.2) is 28.3 Å². The summed E-state index contributed by atoms with van der Waals surface area (Å²) in [6.45, 7) is 4.04. The van der Waals surface area contributed by atoms with Gasteiger partial charge in [-0.2, -0.15) is 0 Å². The number of aliphatic hydroxyl groups excluding tert-OH is 1. The van der Waals surface area contributed by atoms with E-state index in [1.54, 1.807) is 12.1 Å². The molecule has 1 aromatic heterocycles. The predicted molar refractivity (Wildman–Crippen MR) is 73.9 cm³/mol. The van der Waals surface area contributed by atoms with Gasteiger partial charge in [0.25, 0.3) is 0 Å². The lowest BCUT2D eigenvalue weighted by molar-refractivity contribution is 0.202. The third-order valence-electron chi connectivity index (χ3n) is 2.85. The Bertz CT molecular complexity index is 565. The fourth-order valence-electron chi connectivity index (χ4n) is 2.01. The van der Waals surface area contributed by atoms with E-state index in [9.17, 15) is 0 Å². The standard InChI is InChI=1S/C14H17N3O2/c1-9-14(10(2)17-8-16-9)12-7-11(15)3-4-13(12)19-6-5-18/h3-4,7-8,18H,5-6,15H2,1-2H3. The first-order valence-corrected chi connectivity index (χ1v) is 6.05. The molecule has 2 rings (SSSR count). The summed E-state index contributed by atoms with van der Waals surface area (Å²) in [5.74, 6) is 0.671. The van der Waals surface area contributed by atoms with Crippen LogP contribution in [0.2, 0.25) is 0 Å². The van der Waals surface area contributed by atoms with E-state index in [1.165, 1.54) is 6.33 Å². The van der Waals surface area contributed by atoms with Gasteiger partial charge in [-0.3, -0.25) is 0 Å². The van der Waals surface area contributed by atoms with Gasteiger partial charge in [-0.25, -0.2) is 9.97 Å². The van der Waals surface area contributed by atoms with Crippen molar-refractivity contribution in [3.05, 3.63) is 35.9 Å². The number of aliphatic hydroxyl groups is 1. The van der Waals surface area contributed by atoms with Crippen molar-refractivity contribution in [1.29, 1.82) is 0 Å². The minimum atomic E-state index is -0.0347. The van der Waals surface area contributed by atoms with Gasteiger partial charge in [-0.1, -0.05) is 0 Å². The van der Waals surface area contributed by atoms with Gasteiger partial charge in [0.2, 0.25) is 0 Å². The van der Waals surface area contributed by atoms with Crippen LogP contribution >= 0.6 is 0 Å². The summed E-state index contributed by atoms with van der Waals surface area (Å²) in [4.78, 5) is 8.42. The van der Waals surface area contributed by atoms with Crippen molar-refractivity contribution in [2.45, 2.75) is 13.8 Å². The molecule has 19 heavy (non-hydrogen) atoms. The number of nitrogens with two attached hydrogens (primary N) is 1. The molecule has 3 N–H and O–H groups in total. The molecule has 0 fully saturated rings. The van der Waals surface area contributed by atoms with E-state index < -0.39 is 0 Å². The number of hydrogen-bond donors (Lipinski definition) is 2. The number of nitrogen functional groups attached to an aromatic ring is 1. The largest absolute Gasteiger partial charge is 0.491 e. The molecule has 0 saturated heterocycles. The van der Waals surface area contributed by atoms with Crippen LogP contribution in [0.3, 0.4) is 0 Å². The van der Waals surface area contributed by atoms with E-state index in [1.807, 2.05) is 19.9 Å². The molecule has 0 saturated carbocycles. The topological polar surface area (TPSA) is 81.3 Å². The highest BCUT2D eigenvalue weighted by atomic mass is 16.5. The Morgan fingerprint density at radius 2 is 1.89 bits per heavy atom. The molecule has 1 heterocycles. The highest BCUT2D eigenvalue weighted by Crippen LogP contribution is 2.34. The molecule has 0 atom stereocenters. The average molecular weight is 259 g/mol. The summed E-state index contributed by atoms with van der Waals surface area (Å²) in [5.41, 5.74) is 10.0. The van der Waals surface area contributed by atoms with E-state index in [0.29, 0.717) is 11.4 Å². The number of benzene rings is 1. The van der Waals surface area contributed by atoms with Crippen molar-refractivity contribution in [3.63, 3.8) is 0 Å². The molecule has 2 aromatic rings. The average Bonchev–Trinajstić information content (AvgIpc) is 2.37. The lowest BCUT2D eigenvalue weighted by Crippen LogP contribution is -2.04. The quantitative estimate of drug-likeness (QED) is 0.817. The Morgan fingerprint density at radius 1 is 1.21 bits per heavy atom. The van der Waals surface area contributed by atoms with E-state index in [-0.39, 0.29) is 13.2 Å². The molecular formula is C14H17N3O2. The Balaban J connectivity index is 2.56. The normalized spacial score (nSPS) is 10.5. The van der Waals surface area contributed by atoms with Crippen LogP contribution in [0.1, 0.15) is 11.4 Å². The van der Waals surface area contributed by atoms with Gasteiger partial charge >= 0.3 is 0 Å². The van der Waals surface area contributed by atoms with Crippen molar-refractivity contribution < 1.29 is 9.84 Å². The summed E-state index contributed by atoms with van der Waals surface area (Å²) in [5, 5.41) is 8.88. The summed E-state index contributed by atoms with van der Waals surface area (Å²) in [7, 11) is 0. The van der Waals surface area contributed by atoms with Gasteiger partial charge in [0.05, 0.1) is 6.61 Å². The van der Waals surface area contributed by atoms with Crippen LogP contribution in [0.5, 0.6) is 5.75 Å². The highest BCUT2D eigenvalue weighted by Gasteiger charge is 2.13. The number of ether oxygens (including phenoxy) is 1. The zero-order valence-corrected chi connectivity index (χ0v) is 11.1. The molecule has 5 heteroatoms. The fraction of sp³-hybridized carbons (Fsp3) is 0.286. The maximum absolute atomic E-state index is 8.88. The first kappa shape index (κ1) is 13.3. The zero-order chi connectivity index (χ0) is 13.8. The Labute approximate surface area is 112 Å². The maximum Gasteiger partial charge on any atom is 0.127 e. The van der Waals surface area contributed by atoms with Gasteiger partial charge in [0, 0.05) is 28.2 Å². The summed E-state index contributed by atoms with van der Waals surface area (Å²) < 4.78 is 5.54. The third-order valence-corrected chi connectivity index (χ3v) is 2.85. The van der Waals surface area contributed by atoms with Gasteiger partial charge in [0.15, 0.2) is 0 Å². The molecule has 0 aliphatic rings. The van der Waals surface area contributed by atoms with Crippen LogP contribution in [0, 0.1) is 13.8 Å². The second kappa shape index (κ2) is 5.67. The first-order chi connectivity index (χ1) is 9.13. The second-order valence-corrected chi connectivity index (χ2v) is 4.25. The Hall–Kier alpha value is -2.14. The van der Waals surface area contributed by atoms with E-state index in [4.69, 9.17) is 15.6 Å². The number of hydrogen-bond acceptors (Lipinski definition) is 5. The lowest BCUT2D eigenvalue weighted by atomic mass is 10.0. The first-order valence-electron chi connectivity index (χ1n) is 6.05. The van der Waals surface area contributed by atoms with Gasteiger partial charge in [0.1, 0.15) is 18.7 Å². The third kappa shape index (κ3) is 2.82. The Morgan fingerprint density at radius 3 is 2.53 bits per heavy atom. The molecule has 5 nitrogen and oxygen atoms in total. The Kier molecular flexibility index (Phi) is 3.97. The molecule has 0 bridgehead atoms. The van der Waals surface area contributed by atoms with Crippen LogP contribution in [-0.2, 0) is 0 Å². The molecule has 0 spiro atoms. The van der Waals surface area contributed by atoms with E-state index in [2.05, 4.69) is 9.97 Å². The number of anilines is 1. The van der Waals surface area contributed by atoms with Crippen LogP contribution in [0.4, 0.5) is 5.69 Å². The summed E-state index contributed by atoms with van der Waals surface area (Å²) in [6.07, 6.45) is 1.54. The van der Waals surface area contributed by atoms with E-state index in [0.717, 1.165) is 22.5 Å². The molecule has 0 aliphatic carbocycles. The summed E-state index contributed by atoms with van der Waals surface area (Å²) in [6, 6.07) is 5.41. The molecule has 0 unspecified atom stereocenters. The lowest BCUT2D eigenvalue weighted by Gasteiger charge is -2.14. The predicted octanol–water partition coefficient (Wildman–Crippen LogP) is 1.71. The molecule has 1 aromatic carbocycles. The molecular weight excluding hydrogens is 242 g/mol. The zero-order valence-electron chi connectivity index (χ0n) is 11.1. The summed E-state index contributed by atoms with van der Waals surface area (Å²) >= 11 is 0. The minimum absolute atomic E-state index is 0.0347. The number of nitrogens with zero attached hydrogens (tertiary/aromatic N) is 2. The van der Waals surface area contributed by atoms with Gasteiger partial charge in [-0.15, -0.1) is 0 Å². The van der Waals surface area contributed by atoms with Crippen molar-refractivity contribution in [2.75, 3.05) is 18.9 Å². The number of rotatable bonds is 4. The van der Waals surface area contributed by atoms with Crippen molar-refractivity contribution in [1.82, 2.24) is 9.97 Å². The SMILES string of the molecule is Cc1ncnc(C)c1-c1cc(N)ccc1OCCO. The highest BCUT2D eigenvalue weighted by molar-refractivity contribution is 5.76. The van der Waals surface area contributed by atoms with Crippen molar-refractivity contribution in [2.24, 2.45) is 0 Å². The molecule has 0 aliphatic heterocycles. The monoisotopic (exact) mass is 259 g/mol. The van der Waals surface area contributed by atoms with E-state index >= 15 is 0 Å². The minimum Gasteiger partial charge on any atom is -0.491 e. The molecule has 100 valence electrons. The van der Waals surface area contributed by atoms with Gasteiger partial charge in [-0.05, 0) is 32.0 Å². The van der Waals surface area contributed by atoms with Gasteiger partial charge < -0.3 is 15.6 Å². The maximum atomic E-state index is 8.88. The number of aromatic nitrogens is 2. The molecule has 0 amide bonds.